The molecule has 0 saturated heterocycles. The number of nitrogens with two attached hydrogens (primary N) is 1. The van der Waals surface area contributed by atoms with Crippen molar-refractivity contribution in [1.82, 2.24) is 5.32 Å². The van der Waals surface area contributed by atoms with Gasteiger partial charge in [-0.15, -0.1) is 0 Å². The second-order valence-electron chi connectivity index (χ2n) is 5.68. The first-order chi connectivity index (χ1) is 6.54. The van der Waals surface area contributed by atoms with E-state index in [2.05, 4.69) is 26.1 Å². The third kappa shape index (κ3) is 2.96. The monoisotopic (exact) mass is 198 g/mol. The van der Waals surface area contributed by atoms with Crippen LogP contribution in [0.5, 0.6) is 0 Å². The second-order valence-corrected chi connectivity index (χ2v) is 5.68. The fourth-order valence-corrected chi connectivity index (χ4v) is 2.07. The largest absolute Gasteiger partial charge is 0.330 e. The summed E-state index contributed by atoms with van der Waals surface area (Å²) in [5, 5.41) is 3.59. The zero-order valence-electron chi connectivity index (χ0n) is 10.0. The molecule has 0 aliphatic heterocycles. The first-order valence-electron chi connectivity index (χ1n) is 5.94. The Morgan fingerprint density at radius 2 is 2.00 bits per heavy atom. The van der Waals surface area contributed by atoms with Gasteiger partial charge < -0.3 is 11.1 Å². The predicted molar refractivity (Wildman–Crippen MR) is 62.3 cm³/mol. The van der Waals surface area contributed by atoms with E-state index in [0.29, 0.717) is 5.41 Å². The lowest BCUT2D eigenvalue weighted by Crippen LogP contribution is -2.44. The fourth-order valence-electron chi connectivity index (χ4n) is 2.07. The van der Waals surface area contributed by atoms with E-state index >= 15 is 0 Å². The van der Waals surface area contributed by atoms with Gasteiger partial charge in [0.05, 0.1) is 0 Å². The van der Waals surface area contributed by atoms with Gasteiger partial charge in [-0.25, -0.2) is 0 Å². The maximum Gasteiger partial charge on any atom is 0.00148 e. The van der Waals surface area contributed by atoms with Crippen LogP contribution in [0.3, 0.4) is 0 Å². The molecule has 0 amide bonds. The number of hydrogen-bond acceptors (Lipinski definition) is 2. The van der Waals surface area contributed by atoms with Crippen LogP contribution < -0.4 is 11.1 Å². The Hall–Kier alpha value is -0.0800. The van der Waals surface area contributed by atoms with E-state index in [4.69, 9.17) is 5.73 Å². The van der Waals surface area contributed by atoms with Gasteiger partial charge in [0.1, 0.15) is 0 Å². The number of hydrogen-bond donors (Lipinski definition) is 2. The molecule has 1 aliphatic rings. The van der Waals surface area contributed by atoms with Crippen molar-refractivity contribution in [1.29, 1.82) is 0 Å². The fraction of sp³-hybridized carbons (Fsp3) is 1.00. The van der Waals surface area contributed by atoms with Gasteiger partial charge in [0.2, 0.25) is 0 Å². The summed E-state index contributed by atoms with van der Waals surface area (Å²) in [6.07, 6.45) is 5.58. The van der Waals surface area contributed by atoms with Crippen molar-refractivity contribution in [2.45, 2.75) is 46.5 Å². The average molecular weight is 198 g/mol. The van der Waals surface area contributed by atoms with Gasteiger partial charge in [-0.3, -0.25) is 0 Å². The van der Waals surface area contributed by atoms with Crippen LogP contribution in [0.2, 0.25) is 0 Å². The molecule has 1 aliphatic carbocycles. The highest BCUT2D eigenvalue weighted by Gasteiger charge is 2.34. The summed E-state index contributed by atoms with van der Waals surface area (Å²) in [5.74, 6) is 0. The highest BCUT2D eigenvalue weighted by molar-refractivity contribution is 4.89. The van der Waals surface area contributed by atoms with Gasteiger partial charge in [0.15, 0.2) is 0 Å². The average Bonchev–Trinajstić information content (AvgIpc) is 2.10. The number of rotatable bonds is 6. The molecule has 2 heteroatoms. The van der Waals surface area contributed by atoms with Crippen LogP contribution in [0.4, 0.5) is 0 Å². The molecular weight excluding hydrogens is 172 g/mol. The van der Waals surface area contributed by atoms with E-state index in [1.165, 1.54) is 32.2 Å². The molecule has 0 radical (unpaired) electrons. The Morgan fingerprint density at radius 1 is 1.36 bits per heavy atom. The first-order valence-corrected chi connectivity index (χ1v) is 5.94. The summed E-state index contributed by atoms with van der Waals surface area (Å²) < 4.78 is 0. The Bertz CT molecular complexity index is 166. The molecule has 1 fully saturated rings. The van der Waals surface area contributed by atoms with E-state index in [-0.39, 0.29) is 5.41 Å². The zero-order chi connectivity index (χ0) is 10.7. The molecule has 0 spiro atoms. The van der Waals surface area contributed by atoms with Gasteiger partial charge in [0, 0.05) is 13.1 Å². The molecule has 0 unspecified atom stereocenters. The Kier molecular flexibility index (Phi) is 3.96. The van der Waals surface area contributed by atoms with Crippen molar-refractivity contribution in [2.75, 3.05) is 19.6 Å². The van der Waals surface area contributed by atoms with Gasteiger partial charge in [-0.1, -0.05) is 27.2 Å². The SMILES string of the molecule is CCC1(CNCC(C)(C)CN)CCC1. The van der Waals surface area contributed by atoms with Gasteiger partial charge in [0.25, 0.3) is 0 Å². The van der Waals surface area contributed by atoms with Crippen LogP contribution in [-0.2, 0) is 0 Å². The Labute approximate surface area is 88.6 Å². The topological polar surface area (TPSA) is 38.0 Å². The van der Waals surface area contributed by atoms with Crippen molar-refractivity contribution in [3.63, 3.8) is 0 Å². The molecule has 84 valence electrons. The van der Waals surface area contributed by atoms with Crippen molar-refractivity contribution in [2.24, 2.45) is 16.6 Å². The second kappa shape index (κ2) is 4.63. The Morgan fingerprint density at radius 3 is 2.36 bits per heavy atom. The normalized spacial score (nSPS) is 20.6. The summed E-state index contributed by atoms with van der Waals surface area (Å²) in [6, 6.07) is 0. The van der Waals surface area contributed by atoms with Crippen LogP contribution >= 0.6 is 0 Å². The lowest BCUT2D eigenvalue weighted by atomic mass is 9.67. The minimum absolute atomic E-state index is 0.249. The van der Waals surface area contributed by atoms with Gasteiger partial charge in [-0.2, -0.15) is 0 Å². The summed E-state index contributed by atoms with van der Waals surface area (Å²) in [6.45, 7) is 9.75. The molecule has 3 N–H and O–H groups in total. The molecule has 14 heavy (non-hydrogen) atoms. The lowest BCUT2D eigenvalue weighted by Gasteiger charge is -2.42. The third-order valence-corrected chi connectivity index (χ3v) is 3.82. The molecule has 0 aromatic heterocycles. The quantitative estimate of drug-likeness (QED) is 0.686. The van der Waals surface area contributed by atoms with Crippen LogP contribution in [0, 0.1) is 10.8 Å². The Balaban J connectivity index is 2.20. The van der Waals surface area contributed by atoms with E-state index < -0.39 is 0 Å². The number of nitrogens with one attached hydrogen (secondary N) is 1. The van der Waals surface area contributed by atoms with Crippen molar-refractivity contribution in [3.8, 4) is 0 Å². The molecule has 2 nitrogen and oxygen atoms in total. The standard InChI is InChI=1S/C12H26N2/c1-4-12(6-5-7-12)10-14-9-11(2,3)8-13/h14H,4-10,13H2,1-3H3. The van der Waals surface area contributed by atoms with Crippen LogP contribution in [0.1, 0.15) is 46.5 Å². The molecule has 0 aromatic rings. The summed E-state index contributed by atoms with van der Waals surface area (Å²) >= 11 is 0. The van der Waals surface area contributed by atoms with E-state index in [1.54, 1.807) is 0 Å². The highest BCUT2D eigenvalue weighted by Crippen LogP contribution is 2.43. The molecule has 0 bridgehead atoms. The minimum atomic E-state index is 0.249. The summed E-state index contributed by atoms with van der Waals surface area (Å²) in [4.78, 5) is 0. The van der Waals surface area contributed by atoms with Crippen LogP contribution in [-0.4, -0.2) is 19.6 Å². The maximum atomic E-state index is 5.70. The van der Waals surface area contributed by atoms with Crippen LogP contribution in [0.15, 0.2) is 0 Å². The van der Waals surface area contributed by atoms with Crippen LogP contribution in [0.25, 0.3) is 0 Å². The molecule has 0 atom stereocenters. The lowest BCUT2D eigenvalue weighted by molar-refractivity contribution is 0.119. The van der Waals surface area contributed by atoms with Crippen molar-refractivity contribution in [3.05, 3.63) is 0 Å². The van der Waals surface area contributed by atoms with Crippen molar-refractivity contribution >= 4 is 0 Å². The highest BCUT2D eigenvalue weighted by atomic mass is 14.9. The maximum absolute atomic E-state index is 5.70. The van der Waals surface area contributed by atoms with E-state index in [9.17, 15) is 0 Å². The molecule has 0 aromatic carbocycles. The van der Waals surface area contributed by atoms with Gasteiger partial charge >= 0.3 is 0 Å². The molecule has 0 heterocycles. The summed E-state index contributed by atoms with van der Waals surface area (Å²) in [5.41, 5.74) is 6.57. The van der Waals surface area contributed by atoms with E-state index in [0.717, 1.165) is 13.1 Å². The first kappa shape index (κ1) is 12.0. The third-order valence-electron chi connectivity index (χ3n) is 3.82. The predicted octanol–water partition coefficient (Wildman–Crippen LogP) is 2.14. The zero-order valence-corrected chi connectivity index (χ0v) is 10.0. The molecule has 1 rings (SSSR count). The minimum Gasteiger partial charge on any atom is -0.330 e. The van der Waals surface area contributed by atoms with E-state index in [1.807, 2.05) is 0 Å². The van der Waals surface area contributed by atoms with Gasteiger partial charge in [-0.05, 0) is 36.6 Å². The molecule has 1 saturated carbocycles. The van der Waals surface area contributed by atoms with Crippen molar-refractivity contribution < 1.29 is 0 Å². The smallest absolute Gasteiger partial charge is 0.00148 e. The molecular formula is C12H26N2. The summed E-state index contributed by atoms with van der Waals surface area (Å²) in [7, 11) is 0.